The smallest absolute Gasteiger partial charge is 0.0406 e. The Kier molecular flexibility index (Phi) is 6.08. The fourth-order valence-corrected chi connectivity index (χ4v) is 3.20. The Morgan fingerprint density at radius 3 is 2.67 bits per heavy atom. The van der Waals surface area contributed by atoms with Gasteiger partial charge in [0.2, 0.25) is 0 Å². The van der Waals surface area contributed by atoms with Crippen LogP contribution in [0.5, 0.6) is 0 Å². The van der Waals surface area contributed by atoms with Gasteiger partial charge in [-0.05, 0) is 59.6 Å². The largest absolute Gasteiger partial charge is 0.316 e. The molecule has 0 amide bonds. The zero-order chi connectivity index (χ0) is 12.6. The van der Waals surface area contributed by atoms with Crippen molar-refractivity contribution in [2.45, 2.75) is 11.3 Å². The first-order chi connectivity index (χ1) is 8.84. The summed E-state index contributed by atoms with van der Waals surface area (Å²) < 4.78 is 0. The molecule has 4 heteroatoms. The number of hydrogen-bond acceptors (Lipinski definition) is 3. The maximum absolute atomic E-state index is 5.84. The third-order valence-corrected chi connectivity index (χ3v) is 4.53. The molecule has 0 radical (unpaired) electrons. The van der Waals surface area contributed by atoms with Crippen LogP contribution < -0.4 is 5.32 Å². The van der Waals surface area contributed by atoms with Crippen LogP contribution in [-0.4, -0.2) is 18.8 Å². The highest BCUT2D eigenvalue weighted by atomic mass is 35.5. The summed E-state index contributed by atoms with van der Waals surface area (Å²) in [6, 6.07) is 10.2. The van der Waals surface area contributed by atoms with Crippen LogP contribution >= 0.6 is 34.7 Å². The standard InChI is InChI=1S/C14H16ClNS2/c15-13-1-3-14(4-2-13)18-10-8-16-7-5-12-6-9-17-11-12/h1-4,6,9,11,16H,5,7-8,10H2. The molecule has 0 aliphatic rings. The van der Waals surface area contributed by atoms with E-state index < -0.39 is 0 Å². The highest BCUT2D eigenvalue weighted by molar-refractivity contribution is 7.99. The number of halogens is 1. The summed E-state index contributed by atoms with van der Waals surface area (Å²) in [6.07, 6.45) is 1.12. The lowest BCUT2D eigenvalue weighted by atomic mass is 10.2. The summed E-state index contributed by atoms with van der Waals surface area (Å²) in [5.74, 6) is 1.09. The Bertz CT molecular complexity index is 439. The third-order valence-electron chi connectivity index (χ3n) is 2.53. The Morgan fingerprint density at radius 1 is 1.11 bits per heavy atom. The van der Waals surface area contributed by atoms with Crippen molar-refractivity contribution in [2.75, 3.05) is 18.8 Å². The minimum Gasteiger partial charge on any atom is -0.316 e. The lowest BCUT2D eigenvalue weighted by Crippen LogP contribution is -2.19. The summed E-state index contributed by atoms with van der Waals surface area (Å²) in [7, 11) is 0. The fraction of sp³-hybridized carbons (Fsp3) is 0.286. The minimum absolute atomic E-state index is 0.799. The number of thioether (sulfide) groups is 1. The number of benzene rings is 1. The van der Waals surface area contributed by atoms with Crippen LogP contribution in [0.15, 0.2) is 46.0 Å². The van der Waals surface area contributed by atoms with E-state index in [0.717, 1.165) is 30.3 Å². The second kappa shape index (κ2) is 7.85. The van der Waals surface area contributed by atoms with Gasteiger partial charge in [-0.3, -0.25) is 0 Å². The first-order valence-electron chi connectivity index (χ1n) is 5.95. The number of thiophene rings is 1. The predicted molar refractivity (Wildman–Crippen MR) is 83.1 cm³/mol. The van der Waals surface area contributed by atoms with Crippen LogP contribution in [-0.2, 0) is 6.42 Å². The zero-order valence-corrected chi connectivity index (χ0v) is 12.5. The van der Waals surface area contributed by atoms with Gasteiger partial charge in [0.25, 0.3) is 0 Å². The minimum atomic E-state index is 0.799. The molecule has 0 spiro atoms. The van der Waals surface area contributed by atoms with Crippen LogP contribution in [0.2, 0.25) is 5.02 Å². The van der Waals surface area contributed by atoms with Crippen LogP contribution in [0, 0.1) is 0 Å². The SMILES string of the molecule is Clc1ccc(SCCNCCc2ccsc2)cc1. The maximum Gasteiger partial charge on any atom is 0.0406 e. The molecule has 0 saturated carbocycles. The molecule has 1 heterocycles. The molecule has 0 aliphatic carbocycles. The van der Waals surface area contributed by atoms with Gasteiger partial charge in [-0.1, -0.05) is 11.6 Å². The summed E-state index contributed by atoms with van der Waals surface area (Å²) in [5.41, 5.74) is 1.43. The average Bonchev–Trinajstić information content (AvgIpc) is 2.89. The van der Waals surface area contributed by atoms with Gasteiger partial charge in [0, 0.05) is 22.2 Å². The summed E-state index contributed by atoms with van der Waals surface area (Å²) in [6.45, 7) is 2.09. The van der Waals surface area contributed by atoms with Gasteiger partial charge >= 0.3 is 0 Å². The molecule has 0 fully saturated rings. The topological polar surface area (TPSA) is 12.0 Å². The molecule has 0 atom stereocenters. The highest BCUT2D eigenvalue weighted by Gasteiger charge is 1.95. The quantitative estimate of drug-likeness (QED) is 0.603. The van der Waals surface area contributed by atoms with Crippen LogP contribution in [0.1, 0.15) is 5.56 Å². The van der Waals surface area contributed by atoms with Crippen LogP contribution in [0.25, 0.3) is 0 Å². The molecule has 1 aromatic heterocycles. The molecule has 1 aromatic carbocycles. The maximum atomic E-state index is 5.84. The molecule has 0 aliphatic heterocycles. The molecule has 18 heavy (non-hydrogen) atoms. The Balaban J connectivity index is 1.55. The molecule has 1 N–H and O–H groups in total. The van der Waals surface area contributed by atoms with Crippen molar-refractivity contribution < 1.29 is 0 Å². The van der Waals surface area contributed by atoms with Crippen molar-refractivity contribution in [1.82, 2.24) is 5.32 Å². The van der Waals surface area contributed by atoms with Crippen molar-refractivity contribution >= 4 is 34.7 Å². The number of nitrogens with one attached hydrogen (secondary N) is 1. The van der Waals surface area contributed by atoms with Crippen molar-refractivity contribution in [3.8, 4) is 0 Å². The fourth-order valence-electron chi connectivity index (χ4n) is 1.56. The lowest BCUT2D eigenvalue weighted by Gasteiger charge is -2.04. The lowest BCUT2D eigenvalue weighted by molar-refractivity contribution is 0.722. The van der Waals surface area contributed by atoms with Gasteiger partial charge in [0.1, 0.15) is 0 Å². The molecule has 96 valence electrons. The van der Waals surface area contributed by atoms with E-state index in [1.54, 1.807) is 11.3 Å². The van der Waals surface area contributed by atoms with Gasteiger partial charge in [0.15, 0.2) is 0 Å². The summed E-state index contributed by atoms with van der Waals surface area (Å²) in [4.78, 5) is 1.28. The Morgan fingerprint density at radius 2 is 1.94 bits per heavy atom. The molecular weight excluding hydrogens is 282 g/mol. The Hall–Kier alpha value is -0.480. The summed E-state index contributed by atoms with van der Waals surface area (Å²) in [5, 5.41) is 8.61. The van der Waals surface area contributed by atoms with E-state index in [1.807, 2.05) is 23.9 Å². The molecule has 0 unspecified atom stereocenters. The second-order valence-electron chi connectivity index (χ2n) is 3.93. The first kappa shape index (κ1) is 13.9. The highest BCUT2D eigenvalue weighted by Crippen LogP contribution is 2.19. The molecule has 1 nitrogen and oxygen atoms in total. The second-order valence-corrected chi connectivity index (χ2v) is 6.32. The van der Waals surface area contributed by atoms with E-state index in [4.69, 9.17) is 11.6 Å². The van der Waals surface area contributed by atoms with E-state index in [1.165, 1.54) is 10.5 Å². The normalized spacial score (nSPS) is 10.7. The van der Waals surface area contributed by atoms with Crippen molar-refractivity contribution in [1.29, 1.82) is 0 Å². The average molecular weight is 298 g/mol. The van der Waals surface area contributed by atoms with E-state index in [0.29, 0.717) is 0 Å². The van der Waals surface area contributed by atoms with Crippen molar-refractivity contribution in [3.05, 3.63) is 51.7 Å². The molecule has 0 saturated heterocycles. The van der Waals surface area contributed by atoms with E-state index >= 15 is 0 Å². The van der Waals surface area contributed by atoms with Gasteiger partial charge in [-0.2, -0.15) is 11.3 Å². The van der Waals surface area contributed by atoms with E-state index in [2.05, 4.69) is 34.3 Å². The monoisotopic (exact) mass is 297 g/mol. The Labute approximate surface area is 122 Å². The van der Waals surface area contributed by atoms with E-state index in [9.17, 15) is 0 Å². The molecular formula is C14H16ClNS2. The zero-order valence-electron chi connectivity index (χ0n) is 10.1. The van der Waals surface area contributed by atoms with Gasteiger partial charge in [-0.15, -0.1) is 11.8 Å². The van der Waals surface area contributed by atoms with Crippen LogP contribution in [0.4, 0.5) is 0 Å². The van der Waals surface area contributed by atoms with E-state index in [-0.39, 0.29) is 0 Å². The van der Waals surface area contributed by atoms with Crippen molar-refractivity contribution in [3.63, 3.8) is 0 Å². The molecule has 2 aromatic rings. The third kappa shape index (κ3) is 5.02. The van der Waals surface area contributed by atoms with Crippen molar-refractivity contribution in [2.24, 2.45) is 0 Å². The first-order valence-corrected chi connectivity index (χ1v) is 8.25. The molecule has 2 rings (SSSR count). The predicted octanol–water partition coefficient (Wildman–Crippen LogP) is 4.33. The molecule has 0 bridgehead atoms. The van der Waals surface area contributed by atoms with Gasteiger partial charge < -0.3 is 5.32 Å². The van der Waals surface area contributed by atoms with Gasteiger partial charge in [0.05, 0.1) is 0 Å². The van der Waals surface area contributed by atoms with Crippen LogP contribution in [0.3, 0.4) is 0 Å². The summed E-state index contributed by atoms with van der Waals surface area (Å²) >= 11 is 9.46. The van der Waals surface area contributed by atoms with Gasteiger partial charge in [-0.25, -0.2) is 0 Å². The number of hydrogen-bond donors (Lipinski definition) is 1. The number of rotatable bonds is 7.